The van der Waals surface area contributed by atoms with Gasteiger partial charge in [0.15, 0.2) is 5.78 Å². The third-order valence-electron chi connectivity index (χ3n) is 4.30. The Labute approximate surface area is 169 Å². The molecule has 0 spiro atoms. The summed E-state index contributed by atoms with van der Waals surface area (Å²) in [6.45, 7) is 5.68. The van der Waals surface area contributed by atoms with E-state index in [1.54, 1.807) is 67.0 Å². The van der Waals surface area contributed by atoms with Crippen LogP contribution in [0, 0.1) is 5.41 Å². The molecular weight excluding hydrogens is 374 g/mol. The van der Waals surface area contributed by atoms with Crippen molar-refractivity contribution in [2.75, 3.05) is 0 Å². The number of aliphatic hydroxyl groups excluding tert-OH is 1. The molecule has 0 fully saturated rings. The van der Waals surface area contributed by atoms with Crippen LogP contribution in [-0.2, 0) is 0 Å². The average molecular weight is 396 g/mol. The van der Waals surface area contributed by atoms with Gasteiger partial charge in [-0.3, -0.25) is 9.78 Å². The van der Waals surface area contributed by atoms with Crippen LogP contribution >= 0.6 is 11.6 Å². The quantitative estimate of drug-likeness (QED) is 0.551. The lowest BCUT2D eigenvalue weighted by Gasteiger charge is -2.17. The first-order valence-corrected chi connectivity index (χ1v) is 9.33. The number of carbonyl (C=O) groups excluding carboxylic acids is 1. The van der Waals surface area contributed by atoms with Gasteiger partial charge in [0.2, 0.25) is 0 Å². The molecule has 1 N–H and O–H groups in total. The number of nitrogens with zero attached hydrogens (tertiary/aromatic N) is 1. The molecule has 0 saturated heterocycles. The van der Waals surface area contributed by atoms with E-state index in [0.29, 0.717) is 33.2 Å². The SMILES string of the molecule is CC(C)(C)C(=O)c1ccc(Oc2ccc(C(O)c3cccnc3)c(Cl)c2)cc1. The lowest BCUT2D eigenvalue weighted by atomic mass is 9.86. The normalized spacial score (nSPS) is 12.5. The predicted molar refractivity (Wildman–Crippen MR) is 110 cm³/mol. The van der Waals surface area contributed by atoms with Crippen molar-refractivity contribution in [2.45, 2.75) is 26.9 Å². The first-order chi connectivity index (χ1) is 13.3. The Bertz CT molecular complexity index is 963. The van der Waals surface area contributed by atoms with Gasteiger partial charge in [-0.05, 0) is 42.5 Å². The number of pyridine rings is 1. The van der Waals surface area contributed by atoms with Gasteiger partial charge in [-0.2, -0.15) is 0 Å². The maximum Gasteiger partial charge on any atom is 0.168 e. The summed E-state index contributed by atoms with van der Waals surface area (Å²) >= 11 is 6.35. The van der Waals surface area contributed by atoms with Crippen LogP contribution in [0.1, 0.15) is 48.4 Å². The van der Waals surface area contributed by atoms with Crippen molar-refractivity contribution in [1.29, 1.82) is 0 Å². The fourth-order valence-electron chi connectivity index (χ4n) is 2.75. The molecule has 0 saturated carbocycles. The topological polar surface area (TPSA) is 59.4 Å². The number of halogens is 1. The molecule has 0 amide bonds. The molecule has 144 valence electrons. The number of ketones is 1. The molecule has 0 aliphatic rings. The number of hydrogen-bond donors (Lipinski definition) is 1. The van der Waals surface area contributed by atoms with E-state index in [1.807, 2.05) is 20.8 Å². The molecule has 0 radical (unpaired) electrons. The minimum Gasteiger partial charge on any atom is -0.457 e. The molecule has 0 bridgehead atoms. The molecule has 4 nitrogen and oxygen atoms in total. The third-order valence-corrected chi connectivity index (χ3v) is 4.63. The van der Waals surface area contributed by atoms with E-state index >= 15 is 0 Å². The molecule has 2 aromatic carbocycles. The van der Waals surface area contributed by atoms with Gasteiger partial charge in [-0.15, -0.1) is 0 Å². The van der Waals surface area contributed by atoms with Crippen molar-refractivity contribution in [1.82, 2.24) is 4.98 Å². The van der Waals surface area contributed by atoms with Crippen LogP contribution in [0.5, 0.6) is 11.5 Å². The van der Waals surface area contributed by atoms with Gasteiger partial charge in [-0.1, -0.05) is 44.5 Å². The second kappa shape index (κ2) is 8.13. The Hall–Kier alpha value is -2.69. The number of aliphatic hydroxyl groups is 1. The van der Waals surface area contributed by atoms with Crippen molar-refractivity contribution in [3.63, 3.8) is 0 Å². The van der Waals surface area contributed by atoms with E-state index in [2.05, 4.69) is 4.98 Å². The monoisotopic (exact) mass is 395 g/mol. The van der Waals surface area contributed by atoms with Gasteiger partial charge in [0.1, 0.15) is 17.6 Å². The maximum atomic E-state index is 12.3. The van der Waals surface area contributed by atoms with Gasteiger partial charge in [0, 0.05) is 34.5 Å². The van der Waals surface area contributed by atoms with E-state index in [-0.39, 0.29) is 5.78 Å². The van der Waals surface area contributed by atoms with Gasteiger partial charge >= 0.3 is 0 Å². The largest absolute Gasteiger partial charge is 0.457 e. The fraction of sp³-hybridized carbons (Fsp3) is 0.217. The maximum absolute atomic E-state index is 12.3. The summed E-state index contributed by atoms with van der Waals surface area (Å²) in [5, 5.41) is 10.9. The van der Waals surface area contributed by atoms with Gasteiger partial charge < -0.3 is 9.84 Å². The summed E-state index contributed by atoms with van der Waals surface area (Å²) in [7, 11) is 0. The Morgan fingerprint density at radius 2 is 1.75 bits per heavy atom. The number of ether oxygens (including phenoxy) is 1. The zero-order chi connectivity index (χ0) is 20.3. The third kappa shape index (κ3) is 4.58. The first kappa shape index (κ1) is 20.1. The van der Waals surface area contributed by atoms with E-state index in [9.17, 15) is 9.90 Å². The van der Waals surface area contributed by atoms with Crippen LogP contribution in [0.2, 0.25) is 5.02 Å². The van der Waals surface area contributed by atoms with E-state index in [4.69, 9.17) is 16.3 Å². The standard InChI is InChI=1S/C23H22ClNO3/c1-23(2,3)22(27)15-6-8-17(9-7-15)28-18-10-11-19(20(24)13-18)21(26)16-5-4-12-25-14-16/h4-14,21,26H,1-3H3. The first-order valence-electron chi connectivity index (χ1n) is 8.96. The Kier molecular flexibility index (Phi) is 5.82. The van der Waals surface area contributed by atoms with Crippen LogP contribution in [0.4, 0.5) is 0 Å². The molecule has 1 aromatic heterocycles. The molecule has 0 aliphatic carbocycles. The number of benzene rings is 2. The highest BCUT2D eigenvalue weighted by Gasteiger charge is 2.22. The molecule has 1 unspecified atom stereocenters. The molecule has 1 heterocycles. The summed E-state index contributed by atoms with van der Waals surface area (Å²) in [6, 6.07) is 15.7. The highest BCUT2D eigenvalue weighted by Crippen LogP contribution is 2.33. The van der Waals surface area contributed by atoms with Crippen molar-refractivity contribution < 1.29 is 14.6 Å². The van der Waals surface area contributed by atoms with Crippen LogP contribution in [0.3, 0.4) is 0 Å². The van der Waals surface area contributed by atoms with Crippen molar-refractivity contribution in [3.05, 3.63) is 88.7 Å². The van der Waals surface area contributed by atoms with Crippen molar-refractivity contribution in [2.24, 2.45) is 5.41 Å². The lowest BCUT2D eigenvalue weighted by Crippen LogP contribution is -2.19. The smallest absolute Gasteiger partial charge is 0.168 e. The van der Waals surface area contributed by atoms with E-state index in [1.165, 1.54) is 0 Å². The Morgan fingerprint density at radius 3 is 2.32 bits per heavy atom. The molecular formula is C23H22ClNO3. The number of carbonyl (C=O) groups is 1. The fourth-order valence-corrected chi connectivity index (χ4v) is 3.03. The molecule has 1 atom stereocenters. The second-order valence-corrected chi connectivity index (χ2v) is 7.98. The number of hydrogen-bond acceptors (Lipinski definition) is 4. The van der Waals surface area contributed by atoms with Gasteiger partial charge in [-0.25, -0.2) is 0 Å². The van der Waals surface area contributed by atoms with Crippen molar-refractivity contribution in [3.8, 4) is 11.5 Å². The highest BCUT2D eigenvalue weighted by molar-refractivity contribution is 6.31. The predicted octanol–water partition coefficient (Wildman–Crippen LogP) is 5.84. The number of rotatable bonds is 5. The highest BCUT2D eigenvalue weighted by atomic mass is 35.5. The van der Waals surface area contributed by atoms with Gasteiger partial charge in [0.25, 0.3) is 0 Å². The Balaban J connectivity index is 1.75. The van der Waals surface area contributed by atoms with E-state index in [0.717, 1.165) is 0 Å². The van der Waals surface area contributed by atoms with Crippen LogP contribution in [0.25, 0.3) is 0 Å². The minimum absolute atomic E-state index is 0.0795. The zero-order valence-corrected chi connectivity index (χ0v) is 16.8. The molecule has 5 heteroatoms. The summed E-state index contributed by atoms with van der Waals surface area (Å²) in [4.78, 5) is 16.3. The van der Waals surface area contributed by atoms with Crippen molar-refractivity contribution >= 4 is 17.4 Å². The number of aromatic nitrogens is 1. The minimum atomic E-state index is -0.863. The lowest BCUT2D eigenvalue weighted by molar-refractivity contribution is 0.0858. The Morgan fingerprint density at radius 1 is 1.07 bits per heavy atom. The molecule has 28 heavy (non-hydrogen) atoms. The van der Waals surface area contributed by atoms with Gasteiger partial charge in [0.05, 0.1) is 5.02 Å². The summed E-state index contributed by atoms with van der Waals surface area (Å²) in [5.74, 6) is 1.22. The van der Waals surface area contributed by atoms with E-state index < -0.39 is 11.5 Å². The molecule has 0 aliphatic heterocycles. The number of Topliss-reactive ketones (excluding diaryl/α,β-unsaturated/α-hetero) is 1. The van der Waals surface area contributed by atoms with Crippen LogP contribution in [0.15, 0.2) is 67.0 Å². The molecule has 3 rings (SSSR count). The summed E-state index contributed by atoms with van der Waals surface area (Å²) in [6.07, 6.45) is 2.39. The summed E-state index contributed by atoms with van der Waals surface area (Å²) < 4.78 is 5.83. The zero-order valence-electron chi connectivity index (χ0n) is 16.0. The molecule has 3 aromatic rings. The summed E-state index contributed by atoms with van der Waals surface area (Å²) in [5.41, 5.74) is 1.46. The second-order valence-electron chi connectivity index (χ2n) is 7.58. The van der Waals surface area contributed by atoms with Crippen LogP contribution in [-0.4, -0.2) is 15.9 Å². The average Bonchev–Trinajstić information content (AvgIpc) is 2.68. The van der Waals surface area contributed by atoms with Crippen LogP contribution < -0.4 is 4.74 Å².